The Bertz CT molecular complexity index is 609. The zero-order valence-electron chi connectivity index (χ0n) is 10.1. The Morgan fingerprint density at radius 2 is 1.45 bits per heavy atom. The highest BCUT2D eigenvalue weighted by Gasteiger charge is 2.65. The standard InChI is InChI=1S/C13H11F5OS/c14-20(15,16,17,18)13-8-4-7-12(9-13)19-10-11-5-2-1-3-6-11/h1-9H,10H2. The first-order valence-electron chi connectivity index (χ1n) is 5.55. The Balaban J connectivity index is 2.20. The van der Waals surface area contributed by atoms with Crippen molar-refractivity contribution in [2.24, 2.45) is 0 Å². The highest BCUT2D eigenvalue weighted by atomic mass is 32.5. The number of benzene rings is 2. The highest BCUT2D eigenvalue weighted by molar-refractivity contribution is 8.45. The minimum absolute atomic E-state index is 0.00457. The van der Waals surface area contributed by atoms with Crippen molar-refractivity contribution in [3.63, 3.8) is 0 Å². The van der Waals surface area contributed by atoms with Gasteiger partial charge in [0.1, 0.15) is 17.3 Å². The van der Waals surface area contributed by atoms with Gasteiger partial charge in [-0.05, 0) is 17.7 Å². The molecule has 2 aromatic rings. The maximum Gasteiger partial charge on any atom is 0.310 e. The molecule has 0 N–H and O–H groups in total. The third kappa shape index (κ3) is 3.86. The summed E-state index contributed by atoms with van der Waals surface area (Å²) in [6.07, 6.45) is 0. The third-order valence-corrected chi connectivity index (χ3v) is 3.64. The van der Waals surface area contributed by atoms with Gasteiger partial charge in [-0.15, -0.1) is 0 Å². The van der Waals surface area contributed by atoms with Gasteiger partial charge < -0.3 is 4.74 Å². The average Bonchev–Trinajstić information content (AvgIpc) is 2.35. The Labute approximate surface area is 112 Å². The van der Waals surface area contributed by atoms with E-state index in [4.69, 9.17) is 4.74 Å². The van der Waals surface area contributed by atoms with Gasteiger partial charge in [0.15, 0.2) is 0 Å². The summed E-state index contributed by atoms with van der Waals surface area (Å²) in [6, 6.07) is 11.5. The van der Waals surface area contributed by atoms with E-state index in [0.29, 0.717) is 12.1 Å². The SMILES string of the molecule is FS(F)(F)(F)(F)c1cccc(OCc2ccccc2)c1. The van der Waals surface area contributed by atoms with Crippen LogP contribution in [0, 0.1) is 0 Å². The fourth-order valence-corrected chi connectivity index (χ4v) is 2.22. The number of hydrogen-bond acceptors (Lipinski definition) is 1. The van der Waals surface area contributed by atoms with Gasteiger partial charge >= 0.3 is 10.2 Å². The van der Waals surface area contributed by atoms with Gasteiger partial charge in [-0.2, -0.15) is 0 Å². The maximum atomic E-state index is 12.6. The summed E-state index contributed by atoms with van der Waals surface area (Å²) in [4.78, 5) is -1.95. The topological polar surface area (TPSA) is 9.23 Å². The first-order valence-corrected chi connectivity index (χ1v) is 7.51. The molecule has 0 aliphatic heterocycles. The third-order valence-electron chi connectivity index (χ3n) is 2.50. The summed E-state index contributed by atoms with van der Waals surface area (Å²) in [6.45, 7) is 0.00457. The van der Waals surface area contributed by atoms with Gasteiger partial charge in [0, 0.05) is 6.07 Å². The first kappa shape index (κ1) is 14.6. The van der Waals surface area contributed by atoms with Crippen LogP contribution in [0.4, 0.5) is 19.4 Å². The van der Waals surface area contributed by atoms with E-state index in [9.17, 15) is 19.4 Å². The number of halogens is 5. The molecule has 0 atom stereocenters. The Morgan fingerprint density at radius 1 is 0.800 bits per heavy atom. The van der Waals surface area contributed by atoms with E-state index < -0.39 is 15.1 Å². The molecule has 0 amide bonds. The molecule has 7 heteroatoms. The molecule has 0 aliphatic carbocycles. The zero-order valence-corrected chi connectivity index (χ0v) is 10.9. The lowest BCUT2D eigenvalue weighted by Crippen LogP contribution is -2.06. The molecule has 0 unspecified atom stereocenters. The zero-order chi connectivity index (χ0) is 14.9. The fraction of sp³-hybridized carbons (Fsp3) is 0.0769. The van der Waals surface area contributed by atoms with Crippen LogP contribution in [0.5, 0.6) is 5.75 Å². The second-order valence-corrected chi connectivity index (χ2v) is 6.63. The van der Waals surface area contributed by atoms with Crippen LogP contribution in [-0.4, -0.2) is 0 Å². The van der Waals surface area contributed by atoms with Crippen molar-refractivity contribution in [2.75, 3.05) is 0 Å². The van der Waals surface area contributed by atoms with E-state index in [2.05, 4.69) is 0 Å². The smallest absolute Gasteiger partial charge is 0.310 e. The highest BCUT2D eigenvalue weighted by Crippen LogP contribution is 3.02. The van der Waals surface area contributed by atoms with Crippen molar-refractivity contribution in [1.82, 2.24) is 0 Å². The fourth-order valence-electron chi connectivity index (χ4n) is 1.54. The largest absolute Gasteiger partial charge is 0.489 e. The van der Waals surface area contributed by atoms with E-state index in [1.165, 1.54) is 6.07 Å². The second-order valence-electron chi connectivity index (χ2n) is 4.22. The second kappa shape index (κ2) is 4.12. The van der Waals surface area contributed by atoms with Crippen LogP contribution >= 0.6 is 10.2 Å². The quantitative estimate of drug-likeness (QED) is 0.637. The maximum absolute atomic E-state index is 12.6. The molecule has 1 nitrogen and oxygen atoms in total. The predicted octanol–water partition coefficient (Wildman–Crippen LogP) is 5.92. The van der Waals surface area contributed by atoms with Crippen LogP contribution in [0.25, 0.3) is 0 Å². The molecule has 0 heterocycles. The van der Waals surface area contributed by atoms with Crippen LogP contribution < -0.4 is 4.74 Å². The minimum Gasteiger partial charge on any atom is -0.489 e. The molecule has 0 fully saturated rings. The average molecular weight is 310 g/mol. The summed E-state index contributed by atoms with van der Waals surface area (Å²) in [5.41, 5.74) is 0.727. The summed E-state index contributed by atoms with van der Waals surface area (Å²) in [7, 11) is -9.66. The monoisotopic (exact) mass is 310 g/mol. The Morgan fingerprint density at radius 3 is 2.05 bits per heavy atom. The number of hydrogen-bond donors (Lipinski definition) is 0. The predicted molar refractivity (Wildman–Crippen MR) is 68.6 cm³/mol. The van der Waals surface area contributed by atoms with Gasteiger partial charge in [0.2, 0.25) is 0 Å². The lowest BCUT2D eigenvalue weighted by molar-refractivity contribution is 0.303. The molecule has 0 bridgehead atoms. The van der Waals surface area contributed by atoms with Gasteiger partial charge in [-0.1, -0.05) is 55.8 Å². The van der Waals surface area contributed by atoms with Crippen molar-refractivity contribution >= 4 is 10.2 Å². The molecule has 2 rings (SSSR count). The Hall–Kier alpha value is -1.76. The van der Waals surface area contributed by atoms with Crippen molar-refractivity contribution in [2.45, 2.75) is 11.5 Å². The molecule has 20 heavy (non-hydrogen) atoms. The van der Waals surface area contributed by atoms with E-state index in [0.717, 1.165) is 11.6 Å². The van der Waals surface area contributed by atoms with E-state index in [-0.39, 0.29) is 12.4 Å². The summed E-state index contributed by atoms with van der Waals surface area (Å²) >= 11 is 0. The molecule has 0 saturated heterocycles. The van der Waals surface area contributed by atoms with Gasteiger partial charge in [0.25, 0.3) is 0 Å². The molecule has 2 aromatic carbocycles. The van der Waals surface area contributed by atoms with E-state index >= 15 is 0 Å². The molecular formula is C13H11F5OS. The van der Waals surface area contributed by atoms with Crippen LogP contribution in [-0.2, 0) is 6.61 Å². The normalized spacial score (nSPS) is 15.2. The molecule has 0 radical (unpaired) electrons. The molecule has 110 valence electrons. The number of ether oxygens (including phenoxy) is 1. The molecular weight excluding hydrogens is 299 g/mol. The summed E-state index contributed by atoms with van der Waals surface area (Å²) in [5.74, 6) is -0.250. The van der Waals surface area contributed by atoms with Crippen LogP contribution in [0.15, 0.2) is 59.5 Å². The van der Waals surface area contributed by atoms with Crippen molar-refractivity contribution < 1.29 is 24.2 Å². The molecule has 0 aromatic heterocycles. The lowest BCUT2D eigenvalue weighted by atomic mass is 10.2. The molecule has 0 aliphatic rings. The lowest BCUT2D eigenvalue weighted by Gasteiger charge is -2.40. The van der Waals surface area contributed by atoms with Gasteiger partial charge in [-0.3, -0.25) is 0 Å². The summed E-state index contributed by atoms with van der Waals surface area (Å²) in [5, 5.41) is 0. The summed E-state index contributed by atoms with van der Waals surface area (Å²) < 4.78 is 68.3. The van der Waals surface area contributed by atoms with Crippen LogP contribution in [0.1, 0.15) is 5.56 Å². The van der Waals surface area contributed by atoms with Crippen LogP contribution in [0.2, 0.25) is 0 Å². The van der Waals surface area contributed by atoms with Gasteiger partial charge in [-0.25, -0.2) is 0 Å². The van der Waals surface area contributed by atoms with Crippen molar-refractivity contribution in [3.05, 3.63) is 60.2 Å². The van der Waals surface area contributed by atoms with E-state index in [1.807, 2.05) is 0 Å². The minimum atomic E-state index is -9.66. The van der Waals surface area contributed by atoms with Crippen LogP contribution in [0.3, 0.4) is 0 Å². The molecule has 0 saturated carbocycles. The Kier molecular flexibility index (Phi) is 3.01. The molecule has 0 spiro atoms. The van der Waals surface area contributed by atoms with Crippen molar-refractivity contribution in [1.29, 1.82) is 0 Å². The van der Waals surface area contributed by atoms with Gasteiger partial charge in [0.05, 0.1) is 0 Å². The first-order chi connectivity index (χ1) is 9.04. The number of rotatable bonds is 4. The van der Waals surface area contributed by atoms with E-state index in [1.54, 1.807) is 30.3 Å². The van der Waals surface area contributed by atoms with Crippen molar-refractivity contribution in [3.8, 4) is 5.75 Å².